The lowest BCUT2D eigenvalue weighted by atomic mass is 9.75. The zero-order valence-corrected chi connectivity index (χ0v) is 27.6. The van der Waals surface area contributed by atoms with Crippen LogP contribution in [-0.4, -0.2) is 11.5 Å². The summed E-state index contributed by atoms with van der Waals surface area (Å²) in [5, 5.41) is 0. The highest BCUT2D eigenvalue weighted by atomic mass is 32.2. The van der Waals surface area contributed by atoms with Gasteiger partial charge < -0.3 is 0 Å². The van der Waals surface area contributed by atoms with Gasteiger partial charge in [0.2, 0.25) is 0 Å². The van der Waals surface area contributed by atoms with E-state index >= 15 is 0 Å². The first kappa shape index (κ1) is 33.7. The van der Waals surface area contributed by atoms with Gasteiger partial charge in [0.25, 0.3) is 0 Å². The zero-order valence-electron chi connectivity index (χ0n) is 25.9. The summed E-state index contributed by atoms with van der Waals surface area (Å²) in [5.41, 5.74) is 3.32. The molecule has 0 N–H and O–H groups in total. The van der Waals surface area contributed by atoms with E-state index in [9.17, 15) is 0 Å². The van der Waals surface area contributed by atoms with E-state index in [2.05, 4.69) is 124 Å². The van der Waals surface area contributed by atoms with Crippen molar-refractivity contribution in [3.05, 3.63) is 29.3 Å². The Morgan fingerprint density at radius 1 is 0.750 bits per heavy atom. The minimum atomic E-state index is 0.154. The number of rotatable bonds is 17. The molecule has 36 heavy (non-hydrogen) atoms. The number of hydrogen-bond acceptors (Lipinski definition) is 2. The molecule has 0 bridgehead atoms. The molecule has 0 saturated heterocycles. The van der Waals surface area contributed by atoms with Crippen molar-refractivity contribution < 1.29 is 0 Å². The number of allylic oxidation sites excluding steroid dienone is 1. The largest absolute Gasteiger partial charge is 0.126 e. The minimum absolute atomic E-state index is 0.154. The second-order valence-electron chi connectivity index (χ2n) is 12.9. The normalized spacial score (nSPS) is 14.7. The molecule has 0 aliphatic heterocycles. The van der Waals surface area contributed by atoms with Crippen LogP contribution >= 0.6 is 23.5 Å². The van der Waals surface area contributed by atoms with E-state index < -0.39 is 0 Å². The molecule has 0 spiro atoms. The summed E-state index contributed by atoms with van der Waals surface area (Å²) >= 11 is 4.24. The van der Waals surface area contributed by atoms with E-state index in [4.69, 9.17) is 0 Å². The highest BCUT2D eigenvalue weighted by Gasteiger charge is 2.29. The maximum Gasteiger partial charge on any atom is 0.0148 e. The Hall–Kier alpha value is -0.340. The van der Waals surface area contributed by atoms with Gasteiger partial charge in [-0.25, -0.2) is 0 Å². The summed E-state index contributed by atoms with van der Waals surface area (Å²) in [6.07, 6.45) is 15.4. The summed E-state index contributed by atoms with van der Waals surface area (Å²) in [7, 11) is 0. The van der Waals surface area contributed by atoms with Gasteiger partial charge >= 0.3 is 0 Å². The van der Waals surface area contributed by atoms with Crippen molar-refractivity contribution in [1.82, 2.24) is 0 Å². The third-order valence-electron chi connectivity index (χ3n) is 8.05. The predicted octanol–water partition coefficient (Wildman–Crippen LogP) is 12.3. The van der Waals surface area contributed by atoms with E-state index in [1.807, 2.05) is 0 Å². The molecule has 0 fully saturated rings. The lowest BCUT2D eigenvalue weighted by Gasteiger charge is -2.33. The van der Waals surface area contributed by atoms with E-state index in [0.717, 1.165) is 11.8 Å². The van der Waals surface area contributed by atoms with Gasteiger partial charge in [0.1, 0.15) is 0 Å². The Kier molecular flexibility index (Phi) is 15.5. The SMILES string of the molecule is CCCCC(CC)CSc1cc(C(C)(C)C(C)C)c(SCC(CC)CCCC)cc1/C=C/C(C)(C)C. The van der Waals surface area contributed by atoms with Gasteiger partial charge in [-0.1, -0.05) is 127 Å². The van der Waals surface area contributed by atoms with Crippen LogP contribution in [0.1, 0.15) is 139 Å². The highest BCUT2D eigenvalue weighted by molar-refractivity contribution is 7.99. The molecule has 1 aromatic rings. The molecule has 1 aromatic carbocycles. The highest BCUT2D eigenvalue weighted by Crippen LogP contribution is 2.43. The third-order valence-corrected chi connectivity index (χ3v) is 10.6. The number of benzene rings is 1. The van der Waals surface area contributed by atoms with Crippen LogP contribution in [0.3, 0.4) is 0 Å². The molecule has 0 nitrogen and oxygen atoms in total. The van der Waals surface area contributed by atoms with Crippen molar-refractivity contribution >= 4 is 29.6 Å². The summed E-state index contributed by atoms with van der Waals surface area (Å²) in [6.45, 7) is 26.0. The Morgan fingerprint density at radius 3 is 1.67 bits per heavy atom. The molecule has 2 atom stereocenters. The van der Waals surface area contributed by atoms with Crippen molar-refractivity contribution in [1.29, 1.82) is 0 Å². The molecule has 0 aromatic heterocycles. The molecule has 208 valence electrons. The third kappa shape index (κ3) is 11.6. The van der Waals surface area contributed by atoms with E-state index in [-0.39, 0.29) is 10.8 Å². The average molecular weight is 533 g/mol. The molecule has 0 heterocycles. The Morgan fingerprint density at radius 2 is 1.25 bits per heavy atom. The summed E-state index contributed by atoms with van der Waals surface area (Å²) in [6, 6.07) is 5.14. The van der Waals surface area contributed by atoms with Crippen molar-refractivity contribution in [2.24, 2.45) is 23.2 Å². The molecule has 0 amide bonds. The molecular formula is C34H60S2. The van der Waals surface area contributed by atoms with Crippen LogP contribution in [-0.2, 0) is 5.41 Å². The number of hydrogen-bond donors (Lipinski definition) is 0. The van der Waals surface area contributed by atoms with Gasteiger partial charge in [0, 0.05) is 21.3 Å². The van der Waals surface area contributed by atoms with E-state index in [1.54, 1.807) is 5.56 Å². The van der Waals surface area contributed by atoms with Crippen LogP contribution in [0.4, 0.5) is 0 Å². The second kappa shape index (κ2) is 16.6. The Bertz CT molecular complexity index is 766. The van der Waals surface area contributed by atoms with Gasteiger partial charge in [-0.05, 0) is 64.7 Å². The summed E-state index contributed by atoms with van der Waals surface area (Å²) in [5.74, 6) is 4.70. The van der Waals surface area contributed by atoms with Gasteiger partial charge in [0.15, 0.2) is 0 Å². The van der Waals surface area contributed by atoms with Crippen LogP contribution in [0.15, 0.2) is 28.0 Å². The lowest BCUT2D eigenvalue weighted by Crippen LogP contribution is -2.25. The monoisotopic (exact) mass is 532 g/mol. The van der Waals surface area contributed by atoms with Gasteiger partial charge in [-0.2, -0.15) is 0 Å². The van der Waals surface area contributed by atoms with Gasteiger partial charge in [0.05, 0.1) is 0 Å². The van der Waals surface area contributed by atoms with Crippen molar-refractivity contribution in [2.45, 2.75) is 143 Å². The predicted molar refractivity (Wildman–Crippen MR) is 171 cm³/mol. The van der Waals surface area contributed by atoms with E-state index in [1.165, 1.54) is 78.2 Å². The minimum Gasteiger partial charge on any atom is -0.126 e. The van der Waals surface area contributed by atoms with Crippen molar-refractivity contribution in [2.75, 3.05) is 11.5 Å². The molecule has 0 aliphatic rings. The quantitative estimate of drug-likeness (QED) is 0.183. The van der Waals surface area contributed by atoms with Crippen LogP contribution in [0.2, 0.25) is 0 Å². The van der Waals surface area contributed by atoms with Gasteiger partial charge in [-0.15, -0.1) is 23.5 Å². The molecule has 2 heteroatoms. The molecule has 0 saturated carbocycles. The standard InChI is InChI=1S/C34H60S2/c1-12-16-18-27(14-3)24-35-31-23-30(34(10,11)26(5)6)32(22-29(31)20-21-33(7,8)9)36-25-28(15-4)19-17-13-2/h20-23,26-28H,12-19,24-25H2,1-11H3/b21-20+. The lowest BCUT2D eigenvalue weighted by molar-refractivity contribution is 0.365. The molecule has 0 aliphatic carbocycles. The van der Waals surface area contributed by atoms with Crippen LogP contribution in [0.25, 0.3) is 6.08 Å². The molecular weight excluding hydrogens is 473 g/mol. The fourth-order valence-electron chi connectivity index (χ4n) is 4.32. The Labute approximate surface area is 235 Å². The van der Waals surface area contributed by atoms with E-state index in [0.29, 0.717) is 5.92 Å². The maximum absolute atomic E-state index is 2.59. The topological polar surface area (TPSA) is 0 Å². The second-order valence-corrected chi connectivity index (χ2v) is 15.0. The van der Waals surface area contributed by atoms with Crippen LogP contribution in [0.5, 0.6) is 0 Å². The number of unbranched alkanes of at least 4 members (excludes halogenated alkanes) is 2. The average Bonchev–Trinajstić information content (AvgIpc) is 2.82. The molecule has 1 rings (SSSR count). The summed E-state index contributed by atoms with van der Waals surface area (Å²) < 4.78 is 0. The first-order valence-electron chi connectivity index (χ1n) is 15.0. The number of thioether (sulfide) groups is 2. The van der Waals surface area contributed by atoms with Gasteiger partial charge in [-0.3, -0.25) is 0 Å². The first-order valence-corrected chi connectivity index (χ1v) is 17.0. The van der Waals surface area contributed by atoms with Crippen LogP contribution in [0, 0.1) is 23.2 Å². The summed E-state index contributed by atoms with van der Waals surface area (Å²) in [4.78, 5) is 3.00. The van der Waals surface area contributed by atoms with Crippen molar-refractivity contribution in [3.63, 3.8) is 0 Å². The zero-order chi connectivity index (χ0) is 27.4. The fraction of sp³-hybridized carbons (Fsp3) is 0.765. The maximum atomic E-state index is 2.59. The van der Waals surface area contributed by atoms with Crippen LogP contribution < -0.4 is 0 Å². The molecule has 0 radical (unpaired) electrons. The Balaban J connectivity index is 3.48. The first-order chi connectivity index (χ1) is 16.9. The van der Waals surface area contributed by atoms with Crippen molar-refractivity contribution in [3.8, 4) is 0 Å². The smallest absolute Gasteiger partial charge is 0.0148 e. The fourth-order valence-corrected chi connectivity index (χ4v) is 7.13. The molecule has 2 unspecified atom stereocenters.